The second-order valence-electron chi connectivity index (χ2n) is 5.36. The molecule has 0 aromatic heterocycles. The molecule has 0 amide bonds. The van der Waals surface area contributed by atoms with E-state index in [1.54, 1.807) is 7.11 Å². The molecule has 106 valence electrons. The number of nitrogens with zero attached hydrogens (tertiary/aromatic N) is 1. The molecule has 3 heteroatoms. The Morgan fingerprint density at radius 1 is 1.32 bits per heavy atom. The molecule has 1 fully saturated rings. The van der Waals surface area contributed by atoms with Gasteiger partial charge in [0, 0.05) is 12.6 Å². The SMILES string of the molecule is COc1ccc(CCN2CCCC2CCCN)cc1. The van der Waals surface area contributed by atoms with Gasteiger partial charge in [0.2, 0.25) is 0 Å². The molecule has 2 N–H and O–H groups in total. The lowest BCUT2D eigenvalue weighted by Gasteiger charge is -2.24. The predicted octanol–water partition coefficient (Wildman–Crippen LogP) is 2.44. The topological polar surface area (TPSA) is 38.5 Å². The molecule has 1 aromatic carbocycles. The van der Waals surface area contributed by atoms with Gasteiger partial charge in [-0.1, -0.05) is 12.1 Å². The molecule has 1 heterocycles. The first kappa shape index (κ1) is 14.4. The minimum Gasteiger partial charge on any atom is -0.497 e. The maximum atomic E-state index is 5.61. The zero-order valence-corrected chi connectivity index (χ0v) is 12.0. The predicted molar refractivity (Wildman–Crippen MR) is 79.6 cm³/mol. The van der Waals surface area contributed by atoms with Crippen molar-refractivity contribution >= 4 is 0 Å². The third kappa shape index (κ3) is 4.22. The highest BCUT2D eigenvalue weighted by Crippen LogP contribution is 2.21. The molecular formula is C16H26N2O. The highest BCUT2D eigenvalue weighted by Gasteiger charge is 2.23. The number of nitrogens with two attached hydrogens (primary N) is 1. The number of hydrogen-bond donors (Lipinski definition) is 1. The van der Waals surface area contributed by atoms with Crippen molar-refractivity contribution in [1.82, 2.24) is 4.90 Å². The number of hydrogen-bond acceptors (Lipinski definition) is 3. The quantitative estimate of drug-likeness (QED) is 0.820. The first-order chi connectivity index (χ1) is 9.33. The van der Waals surface area contributed by atoms with Crippen LogP contribution in [-0.2, 0) is 6.42 Å². The molecule has 19 heavy (non-hydrogen) atoms. The number of rotatable bonds is 7. The second-order valence-corrected chi connectivity index (χ2v) is 5.36. The average molecular weight is 262 g/mol. The van der Waals surface area contributed by atoms with Crippen molar-refractivity contribution in [3.8, 4) is 5.75 Å². The minimum absolute atomic E-state index is 0.766. The monoisotopic (exact) mass is 262 g/mol. The van der Waals surface area contributed by atoms with Crippen LogP contribution in [0.4, 0.5) is 0 Å². The molecule has 1 aromatic rings. The molecule has 1 aliphatic rings. The van der Waals surface area contributed by atoms with Crippen LogP contribution >= 0.6 is 0 Å². The van der Waals surface area contributed by atoms with Crippen LogP contribution in [-0.4, -0.2) is 37.7 Å². The first-order valence-corrected chi connectivity index (χ1v) is 7.40. The van der Waals surface area contributed by atoms with Gasteiger partial charge in [-0.3, -0.25) is 0 Å². The Labute approximate surface area is 116 Å². The van der Waals surface area contributed by atoms with Gasteiger partial charge in [-0.2, -0.15) is 0 Å². The van der Waals surface area contributed by atoms with Crippen molar-refractivity contribution in [2.24, 2.45) is 5.73 Å². The largest absolute Gasteiger partial charge is 0.497 e. The molecular weight excluding hydrogens is 236 g/mol. The van der Waals surface area contributed by atoms with Crippen molar-refractivity contribution < 1.29 is 4.74 Å². The lowest BCUT2D eigenvalue weighted by Crippen LogP contribution is -2.31. The van der Waals surface area contributed by atoms with Gasteiger partial charge in [-0.15, -0.1) is 0 Å². The summed E-state index contributed by atoms with van der Waals surface area (Å²) < 4.78 is 5.19. The van der Waals surface area contributed by atoms with Crippen molar-refractivity contribution in [2.45, 2.75) is 38.1 Å². The smallest absolute Gasteiger partial charge is 0.118 e. The van der Waals surface area contributed by atoms with E-state index in [1.807, 2.05) is 12.1 Å². The molecule has 3 nitrogen and oxygen atoms in total. The Kier molecular flexibility index (Phi) is 5.67. The lowest BCUT2D eigenvalue weighted by molar-refractivity contribution is 0.243. The van der Waals surface area contributed by atoms with Crippen molar-refractivity contribution in [3.05, 3.63) is 29.8 Å². The Balaban J connectivity index is 1.80. The summed E-state index contributed by atoms with van der Waals surface area (Å²) in [6, 6.07) is 9.20. The Bertz CT molecular complexity index is 364. The van der Waals surface area contributed by atoms with Crippen molar-refractivity contribution in [1.29, 1.82) is 0 Å². The highest BCUT2D eigenvalue weighted by atomic mass is 16.5. The molecule has 0 aliphatic carbocycles. The summed E-state index contributed by atoms with van der Waals surface area (Å²) in [5.74, 6) is 0.936. The average Bonchev–Trinajstić information content (AvgIpc) is 2.91. The molecule has 0 saturated carbocycles. The maximum absolute atomic E-state index is 5.61. The van der Waals surface area contributed by atoms with Crippen molar-refractivity contribution in [3.63, 3.8) is 0 Å². The minimum atomic E-state index is 0.766. The third-order valence-corrected chi connectivity index (χ3v) is 4.09. The van der Waals surface area contributed by atoms with Gasteiger partial charge in [0.25, 0.3) is 0 Å². The van der Waals surface area contributed by atoms with Crippen LogP contribution in [0.2, 0.25) is 0 Å². The number of likely N-dealkylation sites (tertiary alicyclic amines) is 1. The standard InChI is InChI=1S/C16H26N2O/c1-19-16-8-6-14(7-9-16)10-13-18-12-3-5-15(18)4-2-11-17/h6-9,15H,2-5,10-13,17H2,1H3. The fourth-order valence-corrected chi connectivity index (χ4v) is 2.93. The summed E-state index contributed by atoms with van der Waals surface area (Å²) >= 11 is 0. The number of benzene rings is 1. The van der Waals surface area contributed by atoms with Gasteiger partial charge >= 0.3 is 0 Å². The van der Waals surface area contributed by atoms with Gasteiger partial charge < -0.3 is 15.4 Å². The van der Waals surface area contributed by atoms with E-state index in [9.17, 15) is 0 Å². The van der Waals surface area contributed by atoms with Crippen LogP contribution < -0.4 is 10.5 Å². The fourth-order valence-electron chi connectivity index (χ4n) is 2.93. The van der Waals surface area contributed by atoms with Gasteiger partial charge in [0.05, 0.1) is 7.11 Å². The summed E-state index contributed by atoms with van der Waals surface area (Å²) in [7, 11) is 1.71. The van der Waals surface area contributed by atoms with E-state index in [4.69, 9.17) is 10.5 Å². The molecule has 1 saturated heterocycles. The summed E-state index contributed by atoms with van der Waals surface area (Å²) in [5.41, 5.74) is 7.01. The van der Waals surface area contributed by atoms with E-state index in [0.29, 0.717) is 0 Å². The molecule has 0 spiro atoms. The van der Waals surface area contributed by atoms with Crippen LogP contribution in [0.25, 0.3) is 0 Å². The van der Waals surface area contributed by atoms with Crippen molar-refractivity contribution in [2.75, 3.05) is 26.7 Å². The zero-order chi connectivity index (χ0) is 13.5. The number of methoxy groups -OCH3 is 1. The van der Waals surface area contributed by atoms with E-state index in [0.717, 1.165) is 31.2 Å². The van der Waals surface area contributed by atoms with Crippen LogP contribution in [0.5, 0.6) is 5.75 Å². The van der Waals surface area contributed by atoms with Crippen LogP contribution in [0, 0.1) is 0 Å². The second kappa shape index (κ2) is 7.51. The Hall–Kier alpha value is -1.06. The summed E-state index contributed by atoms with van der Waals surface area (Å²) in [5, 5.41) is 0. The lowest BCUT2D eigenvalue weighted by atomic mass is 10.1. The normalized spacial score (nSPS) is 19.8. The van der Waals surface area contributed by atoms with E-state index >= 15 is 0 Å². The van der Waals surface area contributed by atoms with Gasteiger partial charge in [-0.05, 0) is 62.9 Å². The van der Waals surface area contributed by atoms with Crippen LogP contribution in [0.15, 0.2) is 24.3 Å². The van der Waals surface area contributed by atoms with Gasteiger partial charge in [0.1, 0.15) is 5.75 Å². The van der Waals surface area contributed by atoms with E-state index in [1.165, 1.54) is 37.9 Å². The maximum Gasteiger partial charge on any atom is 0.118 e. The highest BCUT2D eigenvalue weighted by molar-refractivity contribution is 5.27. The first-order valence-electron chi connectivity index (χ1n) is 7.40. The molecule has 1 aliphatic heterocycles. The fraction of sp³-hybridized carbons (Fsp3) is 0.625. The summed E-state index contributed by atoms with van der Waals surface area (Å²) in [4.78, 5) is 2.64. The molecule has 1 unspecified atom stereocenters. The number of ether oxygens (including phenoxy) is 1. The molecule has 0 bridgehead atoms. The van der Waals surface area contributed by atoms with Crippen LogP contribution in [0.3, 0.4) is 0 Å². The Morgan fingerprint density at radius 3 is 2.79 bits per heavy atom. The molecule has 1 atom stereocenters. The summed E-state index contributed by atoms with van der Waals surface area (Å²) in [6.45, 7) is 3.25. The van der Waals surface area contributed by atoms with Crippen LogP contribution in [0.1, 0.15) is 31.2 Å². The zero-order valence-electron chi connectivity index (χ0n) is 12.0. The van der Waals surface area contributed by atoms with E-state index in [-0.39, 0.29) is 0 Å². The molecule has 0 radical (unpaired) electrons. The summed E-state index contributed by atoms with van der Waals surface area (Å²) in [6.07, 6.45) is 6.24. The third-order valence-electron chi connectivity index (χ3n) is 4.09. The Morgan fingerprint density at radius 2 is 2.11 bits per heavy atom. The van der Waals surface area contributed by atoms with Gasteiger partial charge in [0.15, 0.2) is 0 Å². The van der Waals surface area contributed by atoms with E-state index < -0.39 is 0 Å². The van der Waals surface area contributed by atoms with Gasteiger partial charge in [-0.25, -0.2) is 0 Å². The molecule has 2 rings (SSSR count). The van der Waals surface area contributed by atoms with E-state index in [2.05, 4.69) is 17.0 Å².